The Kier molecular flexibility index (Phi) is 9.74. The van der Waals surface area contributed by atoms with Crippen LogP contribution < -0.4 is 20.6 Å². The van der Waals surface area contributed by atoms with Gasteiger partial charge in [0, 0.05) is 68.3 Å². The molecule has 1 aliphatic rings. The summed E-state index contributed by atoms with van der Waals surface area (Å²) in [6.45, 7) is 2.08. The molecule has 0 spiro atoms. The number of rotatable bonds is 10. The third kappa shape index (κ3) is 7.26. The number of nitrogens with two attached hydrogens (primary N) is 1. The summed E-state index contributed by atoms with van der Waals surface area (Å²) >= 11 is 3.35. The number of nitrogens with zero attached hydrogens (tertiary/aromatic N) is 4. The molecular formula is C36H34BrN5O5. The second-order valence-electron chi connectivity index (χ2n) is 11.4. The van der Waals surface area contributed by atoms with Gasteiger partial charge in [0.2, 0.25) is 5.43 Å². The van der Waals surface area contributed by atoms with Gasteiger partial charge in [0.15, 0.2) is 23.1 Å². The first-order valence-corrected chi connectivity index (χ1v) is 16.0. The topological polar surface area (TPSA) is 131 Å². The molecule has 1 saturated heterocycles. The number of hydrogen-bond donors (Lipinski definition) is 1. The molecule has 4 heterocycles. The molecule has 0 amide bonds. The lowest BCUT2D eigenvalue weighted by molar-refractivity contribution is 0.0612. The smallest absolute Gasteiger partial charge is 0.203 e. The van der Waals surface area contributed by atoms with Crippen molar-refractivity contribution in [3.63, 3.8) is 0 Å². The molecule has 2 aromatic carbocycles. The van der Waals surface area contributed by atoms with E-state index in [1.807, 2.05) is 53.1 Å². The average molecular weight is 697 g/mol. The molecule has 0 unspecified atom stereocenters. The van der Waals surface area contributed by atoms with E-state index < -0.39 is 0 Å². The zero-order chi connectivity index (χ0) is 32.9. The highest BCUT2D eigenvalue weighted by Gasteiger charge is 2.21. The quantitative estimate of drug-likeness (QED) is 0.169. The number of ketones is 1. The Hall–Kier alpha value is -4.87. The van der Waals surface area contributed by atoms with Crippen molar-refractivity contribution >= 4 is 27.5 Å². The number of benzene rings is 2. The van der Waals surface area contributed by atoms with Gasteiger partial charge in [0.25, 0.3) is 0 Å². The van der Waals surface area contributed by atoms with E-state index in [4.69, 9.17) is 19.9 Å². The number of halogens is 1. The third-order valence-corrected chi connectivity index (χ3v) is 8.73. The second-order valence-corrected chi connectivity index (χ2v) is 12.3. The number of ether oxygens (including phenoxy) is 3. The number of pyridine rings is 2. The first kappa shape index (κ1) is 32.1. The number of Topliss-reactive ketones (excluding diaryl/α,β-unsaturated/α-hetero) is 1. The number of nitrogen functional groups attached to an aromatic ring is 1. The molecule has 0 saturated carbocycles. The summed E-state index contributed by atoms with van der Waals surface area (Å²) < 4.78 is 19.0. The Balaban J connectivity index is 1.26. The zero-order valence-electron chi connectivity index (χ0n) is 26.1. The normalized spacial score (nSPS) is 13.3. The molecule has 3 aromatic heterocycles. The maximum absolute atomic E-state index is 13.7. The van der Waals surface area contributed by atoms with E-state index in [0.29, 0.717) is 53.0 Å². The van der Waals surface area contributed by atoms with Crippen LogP contribution in [0.2, 0.25) is 0 Å². The molecule has 1 fully saturated rings. The van der Waals surface area contributed by atoms with Crippen LogP contribution in [0.15, 0.2) is 88.8 Å². The molecule has 1 aliphatic heterocycles. The van der Waals surface area contributed by atoms with E-state index in [0.717, 1.165) is 40.7 Å². The minimum Gasteiger partial charge on any atom is -0.493 e. The van der Waals surface area contributed by atoms with Gasteiger partial charge in [-0.15, -0.1) is 0 Å². The molecule has 2 N–H and O–H groups in total. The van der Waals surface area contributed by atoms with E-state index in [9.17, 15) is 9.59 Å². The first-order chi connectivity index (χ1) is 22.8. The standard InChI is InChI=1S/C36H34BrN5O5/c1-45-32-8-7-25(15-33(32)46-2)26-14-28(35(38)39-16-26)24-5-3-22(4-6-24)13-31(43)29-20-42(19-23-9-11-47-12-10-23)21-30(34(29)44)36-40-17-27(37)18-41-36/h3-8,14-18,20-21,23H,9-13,19H2,1-2H3,(H2,38,39). The van der Waals surface area contributed by atoms with Gasteiger partial charge in [-0.1, -0.05) is 30.3 Å². The van der Waals surface area contributed by atoms with Crippen LogP contribution in [-0.4, -0.2) is 52.7 Å². The lowest BCUT2D eigenvalue weighted by Crippen LogP contribution is -2.25. The summed E-state index contributed by atoms with van der Waals surface area (Å²) in [5, 5.41) is 0. The molecule has 11 heteroatoms. The fourth-order valence-electron chi connectivity index (χ4n) is 5.74. The minimum atomic E-state index is -0.386. The Morgan fingerprint density at radius 1 is 0.894 bits per heavy atom. The van der Waals surface area contributed by atoms with Gasteiger partial charge in [-0.2, -0.15) is 0 Å². The number of carbonyl (C=O) groups is 1. The Morgan fingerprint density at radius 3 is 2.30 bits per heavy atom. The highest BCUT2D eigenvalue weighted by molar-refractivity contribution is 9.10. The Labute approximate surface area is 280 Å². The van der Waals surface area contributed by atoms with Crippen molar-refractivity contribution in [2.24, 2.45) is 5.92 Å². The number of anilines is 1. The van der Waals surface area contributed by atoms with Crippen LogP contribution >= 0.6 is 15.9 Å². The zero-order valence-corrected chi connectivity index (χ0v) is 27.7. The van der Waals surface area contributed by atoms with E-state index >= 15 is 0 Å². The summed E-state index contributed by atoms with van der Waals surface area (Å²) in [7, 11) is 3.19. The summed E-state index contributed by atoms with van der Waals surface area (Å²) in [5.74, 6) is 2.01. The Bertz CT molecular complexity index is 1960. The summed E-state index contributed by atoms with van der Waals surface area (Å²) in [6, 6.07) is 15.2. The predicted octanol–water partition coefficient (Wildman–Crippen LogP) is 6.25. The third-order valence-electron chi connectivity index (χ3n) is 8.32. The SMILES string of the molecule is COc1ccc(-c2cnc(N)c(-c3ccc(CC(=O)c4cn(CC5CCOCC5)cc(-c5ncc(Br)cn5)c4=O)cc3)c2)cc1OC. The van der Waals surface area contributed by atoms with Crippen LogP contribution in [0, 0.1) is 5.92 Å². The van der Waals surface area contributed by atoms with Gasteiger partial charge in [-0.25, -0.2) is 15.0 Å². The van der Waals surface area contributed by atoms with Gasteiger partial charge >= 0.3 is 0 Å². The van der Waals surface area contributed by atoms with Gasteiger partial charge in [-0.05, 0) is 69.6 Å². The number of hydrogen-bond acceptors (Lipinski definition) is 9. The van der Waals surface area contributed by atoms with E-state index in [-0.39, 0.29) is 29.0 Å². The molecule has 0 bridgehead atoms. The summed E-state index contributed by atoms with van der Waals surface area (Å²) in [6.07, 6.45) is 10.2. The van der Waals surface area contributed by atoms with Crippen molar-refractivity contribution in [3.05, 3.63) is 105 Å². The minimum absolute atomic E-state index is 0.0524. The van der Waals surface area contributed by atoms with Crippen LogP contribution in [0.1, 0.15) is 28.8 Å². The monoisotopic (exact) mass is 695 g/mol. The van der Waals surface area contributed by atoms with Crippen molar-refractivity contribution in [1.29, 1.82) is 0 Å². The largest absolute Gasteiger partial charge is 0.493 e. The van der Waals surface area contributed by atoms with Crippen LogP contribution in [0.5, 0.6) is 11.5 Å². The molecule has 0 atom stereocenters. The van der Waals surface area contributed by atoms with Crippen molar-refractivity contribution in [1.82, 2.24) is 19.5 Å². The summed E-state index contributed by atoms with van der Waals surface area (Å²) in [4.78, 5) is 40.5. The predicted molar refractivity (Wildman–Crippen MR) is 184 cm³/mol. The Morgan fingerprint density at radius 2 is 1.60 bits per heavy atom. The molecule has 0 radical (unpaired) electrons. The maximum Gasteiger partial charge on any atom is 0.203 e. The molecule has 0 aliphatic carbocycles. The van der Waals surface area contributed by atoms with Gasteiger partial charge < -0.3 is 24.5 Å². The molecular weight excluding hydrogens is 662 g/mol. The fraction of sp³-hybridized carbons (Fsp3) is 0.250. The van der Waals surface area contributed by atoms with Crippen molar-refractivity contribution in [3.8, 4) is 45.1 Å². The molecule has 47 heavy (non-hydrogen) atoms. The molecule has 6 rings (SSSR count). The lowest BCUT2D eigenvalue weighted by atomic mass is 9.97. The maximum atomic E-state index is 13.7. The van der Waals surface area contributed by atoms with Crippen LogP contribution in [0.3, 0.4) is 0 Å². The van der Waals surface area contributed by atoms with Crippen molar-refractivity contribution < 1.29 is 19.0 Å². The van der Waals surface area contributed by atoms with E-state index in [2.05, 4.69) is 30.9 Å². The average Bonchev–Trinajstić information content (AvgIpc) is 3.10. The van der Waals surface area contributed by atoms with Crippen LogP contribution in [0.25, 0.3) is 33.6 Å². The highest BCUT2D eigenvalue weighted by Crippen LogP contribution is 2.35. The summed E-state index contributed by atoms with van der Waals surface area (Å²) in [5.41, 5.74) is 10.5. The highest BCUT2D eigenvalue weighted by atomic mass is 79.9. The molecule has 5 aromatic rings. The number of methoxy groups -OCH3 is 2. The second kappa shape index (κ2) is 14.3. The van der Waals surface area contributed by atoms with Gasteiger partial charge in [0.1, 0.15) is 5.82 Å². The van der Waals surface area contributed by atoms with Crippen LogP contribution in [0.4, 0.5) is 5.82 Å². The van der Waals surface area contributed by atoms with Gasteiger partial charge in [-0.3, -0.25) is 9.59 Å². The van der Waals surface area contributed by atoms with E-state index in [1.165, 1.54) is 0 Å². The van der Waals surface area contributed by atoms with E-state index in [1.54, 1.807) is 45.2 Å². The number of aromatic nitrogens is 4. The molecule has 240 valence electrons. The number of carbonyl (C=O) groups excluding carboxylic acids is 1. The van der Waals surface area contributed by atoms with Crippen LogP contribution in [-0.2, 0) is 17.7 Å². The van der Waals surface area contributed by atoms with Crippen molar-refractivity contribution in [2.45, 2.75) is 25.8 Å². The molecule has 10 nitrogen and oxygen atoms in total. The lowest BCUT2D eigenvalue weighted by Gasteiger charge is -2.23. The fourth-order valence-corrected chi connectivity index (χ4v) is 5.94. The van der Waals surface area contributed by atoms with Gasteiger partial charge in [0.05, 0.1) is 29.8 Å². The van der Waals surface area contributed by atoms with Crippen molar-refractivity contribution in [2.75, 3.05) is 33.2 Å². The first-order valence-electron chi connectivity index (χ1n) is 15.2.